The summed E-state index contributed by atoms with van der Waals surface area (Å²) in [6, 6.07) is 0. The minimum Gasteiger partial charge on any atom is -0.402 e. The molecule has 0 aromatic rings. The van der Waals surface area contributed by atoms with Crippen molar-refractivity contribution in [1.29, 1.82) is 0 Å². The molecule has 0 aromatic carbocycles. The molecule has 3 heteroatoms. The predicted molar refractivity (Wildman–Crippen MR) is 128 cm³/mol. The second kappa shape index (κ2) is 21.2. The van der Waals surface area contributed by atoms with E-state index < -0.39 is 9.07 Å². The molecule has 164 valence electrons. The molecule has 0 atom stereocenters. The first-order chi connectivity index (χ1) is 13.2. The van der Waals surface area contributed by atoms with Gasteiger partial charge in [0.15, 0.2) is 0 Å². The minimum absolute atomic E-state index is 0.119. The third-order valence-electron chi connectivity index (χ3n) is 6.01. The van der Waals surface area contributed by atoms with Crippen LogP contribution < -0.4 is 0 Å². The van der Waals surface area contributed by atoms with Gasteiger partial charge >= 0.3 is 0 Å². The highest BCUT2D eigenvalue weighted by molar-refractivity contribution is 6.90. The topological polar surface area (TPSA) is 9.23 Å². The molecule has 0 aliphatic rings. The van der Waals surface area contributed by atoms with E-state index in [4.69, 9.17) is 15.5 Å². The van der Waals surface area contributed by atoms with Crippen molar-refractivity contribution >= 4 is 20.2 Å². The zero-order valence-corrected chi connectivity index (χ0v) is 21.3. The van der Waals surface area contributed by atoms with Gasteiger partial charge in [-0.25, -0.2) is 0 Å². The van der Waals surface area contributed by atoms with Gasteiger partial charge in [0, 0.05) is 0 Å². The first-order valence-electron chi connectivity index (χ1n) is 12.4. The SMILES string of the molecule is CCCCCCCCCCCCCCCCCC(CCC)(CCC)O[SiH2]Cl. The molecule has 0 bridgehead atoms. The van der Waals surface area contributed by atoms with E-state index >= 15 is 0 Å². The predicted octanol–water partition coefficient (Wildman–Crippen LogP) is 8.84. The second-order valence-corrected chi connectivity index (χ2v) is 9.80. The zero-order chi connectivity index (χ0) is 20.1. The smallest absolute Gasteiger partial charge is 0.259 e. The lowest BCUT2D eigenvalue weighted by molar-refractivity contribution is 0.0442. The highest BCUT2D eigenvalue weighted by Gasteiger charge is 2.27. The van der Waals surface area contributed by atoms with Gasteiger partial charge in [-0.15, -0.1) is 11.1 Å². The third-order valence-corrected chi connectivity index (χ3v) is 7.06. The Kier molecular flexibility index (Phi) is 21.5. The van der Waals surface area contributed by atoms with Gasteiger partial charge in [-0.2, -0.15) is 0 Å². The van der Waals surface area contributed by atoms with E-state index in [1.54, 1.807) is 0 Å². The summed E-state index contributed by atoms with van der Waals surface area (Å²) in [5, 5.41) is 0. The van der Waals surface area contributed by atoms with Crippen molar-refractivity contribution in [2.75, 3.05) is 0 Å². The average molecular weight is 419 g/mol. The molecule has 0 heterocycles. The maximum absolute atomic E-state index is 6.13. The van der Waals surface area contributed by atoms with Crippen molar-refractivity contribution in [1.82, 2.24) is 0 Å². The van der Waals surface area contributed by atoms with Crippen molar-refractivity contribution in [3.8, 4) is 0 Å². The Morgan fingerprint density at radius 1 is 0.519 bits per heavy atom. The van der Waals surface area contributed by atoms with Gasteiger partial charge in [0.05, 0.1) is 5.60 Å². The van der Waals surface area contributed by atoms with Gasteiger partial charge in [-0.3, -0.25) is 0 Å². The number of halogens is 1. The molecule has 0 saturated heterocycles. The van der Waals surface area contributed by atoms with Crippen LogP contribution in [0.2, 0.25) is 0 Å². The van der Waals surface area contributed by atoms with Crippen molar-refractivity contribution in [2.24, 2.45) is 0 Å². The van der Waals surface area contributed by atoms with Crippen LogP contribution in [0.4, 0.5) is 0 Å². The number of rotatable bonds is 22. The Hall–Kier alpha value is 0.467. The maximum atomic E-state index is 6.13. The van der Waals surface area contributed by atoms with E-state index in [-0.39, 0.29) is 5.60 Å². The molecule has 0 radical (unpaired) electrons. The second-order valence-electron chi connectivity index (χ2n) is 8.64. The van der Waals surface area contributed by atoms with Gasteiger partial charge in [-0.05, 0) is 19.3 Å². The summed E-state index contributed by atoms with van der Waals surface area (Å²) in [6.07, 6.45) is 27.5. The first-order valence-corrected chi connectivity index (χ1v) is 15.2. The maximum Gasteiger partial charge on any atom is 0.259 e. The van der Waals surface area contributed by atoms with Crippen LogP contribution in [-0.2, 0) is 4.43 Å². The molecule has 0 amide bonds. The van der Waals surface area contributed by atoms with Crippen LogP contribution in [0.25, 0.3) is 0 Å². The average Bonchev–Trinajstić information content (AvgIpc) is 2.65. The molecule has 0 spiro atoms. The highest BCUT2D eigenvalue weighted by Crippen LogP contribution is 2.30. The van der Waals surface area contributed by atoms with Gasteiger partial charge in [0.25, 0.3) is 9.07 Å². The summed E-state index contributed by atoms with van der Waals surface area (Å²) in [6.45, 7) is 6.84. The van der Waals surface area contributed by atoms with Crippen LogP contribution in [-0.4, -0.2) is 14.7 Å². The van der Waals surface area contributed by atoms with E-state index in [1.807, 2.05) is 0 Å². The summed E-state index contributed by atoms with van der Waals surface area (Å²) < 4.78 is 6.13. The van der Waals surface area contributed by atoms with Crippen molar-refractivity contribution in [3.05, 3.63) is 0 Å². The largest absolute Gasteiger partial charge is 0.402 e. The monoisotopic (exact) mass is 418 g/mol. The van der Waals surface area contributed by atoms with E-state index in [9.17, 15) is 0 Å². The Morgan fingerprint density at radius 3 is 1.22 bits per heavy atom. The molecular formula is C24H51ClOSi. The van der Waals surface area contributed by atoms with E-state index in [1.165, 1.54) is 128 Å². The fraction of sp³-hybridized carbons (Fsp3) is 1.00. The summed E-state index contributed by atoms with van der Waals surface area (Å²) in [7, 11) is -0.824. The van der Waals surface area contributed by atoms with Crippen molar-refractivity contribution < 1.29 is 4.43 Å². The first kappa shape index (κ1) is 27.5. The van der Waals surface area contributed by atoms with E-state index in [0.717, 1.165) is 0 Å². The summed E-state index contributed by atoms with van der Waals surface area (Å²) in [5.74, 6) is 0. The van der Waals surface area contributed by atoms with E-state index in [2.05, 4.69) is 20.8 Å². The van der Waals surface area contributed by atoms with Gasteiger partial charge in [0.2, 0.25) is 0 Å². The van der Waals surface area contributed by atoms with E-state index in [0.29, 0.717) is 0 Å². The molecular weight excluding hydrogens is 368 g/mol. The molecule has 0 aliphatic carbocycles. The fourth-order valence-electron chi connectivity index (χ4n) is 4.44. The quantitative estimate of drug-likeness (QED) is 0.0968. The van der Waals surface area contributed by atoms with Crippen LogP contribution in [0.3, 0.4) is 0 Å². The standard InChI is InChI=1S/C24H51ClOSi/c1-4-7-8-9-10-11-12-13-14-15-16-17-18-19-20-23-24(21-5-2,22-6-3)26-27-25/h4-23,27H2,1-3H3. The van der Waals surface area contributed by atoms with Crippen molar-refractivity contribution in [2.45, 2.75) is 155 Å². The Bertz CT molecular complexity index is 269. The zero-order valence-electron chi connectivity index (χ0n) is 19.1. The molecule has 0 aromatic heterocycles. The van der Waals surface area contributed by atoms with Gasteiger partial charge in [0.1, 0.15) is 0 Å². The summed E-state index contributed by atoms with van der Waals surface area (Å²) >= 11 is 6.04. The van der Waals surface area contributed by atoms with Crippen LogP contribution in [0.5, 0.6) is 0 Å². The molecule has 0 unspecified atom stereocenters. The molecule has 0 aliphatic heterocycles. The molecule has 0 saturated carbocycles. The van der Waals surface area contributed by atoms with Crippen LogP contribution in [0.1, 0.15) is 149 Å². The Balaban J connectivity index is 3.49. The molecule has 0 rings (SSSR count). The van der Waals surface area contributed by atoms with Gasteiger partial charge in [-0.1, -0.05) is 130 Å². The molecule has 0 fully saturated rings. The lowest BCUT2D eigenvalue weighted by Crippen LogP contribution is -2.33. The number of hydrogen-bond donors (Lipinski definition) is 0. The molecule has 27 heavy (non-hydrogen) atoms. The molecule has 0 N–H and O–H groups in total. The Morgan fingerprint density at radius 2 is 0.889 bits per heavy atom. The van der Waals surface area contributed by atoms with Crippen LogP contribution >= 0.6 is 11.1 Å². The van der Waals surface area contributed by atoms with Crippen LogP contribution in [0.15, 0.2) is 0 Å². The number of hydrogen-bond acceptors (Lipinski definition) is 1. The summed E-state index contributed by atoms with van der Waals surface area (Å²) in [4.78, 5) is 0. The van der Waals surface area contributed by atoms with Crippen LogP contribution in [0, 0.1) is 0 Å². The minimum atomic E-state index is -0.824. The Labute approximate surface area is 179 Å². The highest BCUT2D eigenvalue weighted by atomic mass is 35.6. The summed E-state index contributed by atoms with van der Waals surface area (Å²) in [5.41, 5.74) is 0.119. The van der Waals surface area contributed by atoms with Crippen molar-refractivity contribution in [3.63, 3.8) is 0 Å². The van der Waals surface area contributed by atoms with Gasteiger partial charge < -0.3 is 4.43 Å². The third kappa shape index (κ3) is 17.1. The number of unbranched alkanes of at least 4 members (excludes halogenated alkanes) is 14. The molecule has 1 nitrogen and oxygen atoms in total. The lowest BCUT2D eigenvalue weighted by atomic mass is 9.87. The normalized spacial score (nSPS) is 12.4. The fourth-order valence-corrected chi connectivity index (χ4v) is 5.80. The lowest BCUT2D eigenvalue weighted by Gasteiger charge is -2.34.